The van der Waals surface area contributed by atoms with Crippen LogP contribution in [0.4, 0.5) is 8.78 Å². The van der Waals surface area contributed by atoms with Gasteiger partial charge in [-0.15, -0.1) is 0 Å². The van der Waals surface area contributed by atoms with E-state index in [0.29, 0.717) is 32.2 Å². The highest BCUT2D eigenvalue weighted by Gasteiger charge is 2.40. The molecule has 2 N–H and O–H groups in total. The Morgan fingerprint density at radius 2 is 1.92 bits per heavy atom. The second kappa shape index (κ2) is 6.87. The van der Waals surface area contributed by atoms with Crippen LogP contribution in [0.1, 0.15) is 44.1 Å². The highest BCUT2D eigenvalue weighted by molar-refractivity contribution is 5.83. The molecule has 4 nitrogen and oxygen atoms in total. The zero-order chi connectivity index (χ0) is 17.2. The molecule has 130 valence electrons. The maximum absolute atomic E-state index is 14.3. The van der Waals surface area contributed by atoms with Crippen LogP contribution in [-0.4, -0.2) is 24.9 Å². The summed E-state index contributed by atoms with van der Waals surface area (Å²) >= 11 is 0. The fourth-order valence-corrected chi connectivity index (χ4v) is 3.93. The van der Waals surface area contributed by atoms with Crippen LogP contribution < -0.4 is 10.6 Å². The van der Waals surface area contributed by atoms with Crippen molar-refractivity contribution in [2.24, 2.45) is 5.92 Å². The fraction of sp³-hybridized carbons (Fsp3) is 0.556. The minimum absolute atomic E-state index is 0.0419. The van der Waals surface area contributed by atoms with Gasteiger partial charge in [0, 0.05) is 30.5 Å². The van der Waals surface area contributed by atoms with Crippen molar-refractivity contribution in [3.8, 4) is 0 Å². The van der Waals surface area contributed by atoms with Crippen LogP contribution >= 0.6 is 0 Å². The molecule has 2 aliphatic rings. The Bertz CT molecular complexity index is 612. The molecule has 1 aromatic carbocycles. The topological polar surface area (TPSA) is 58.2 Å². The van der Waals surface area contributed by atoms with Crippen molar-refractivity contribution >= 4 is 11.8 Å². The Hall–Kier alpha value is -1.98. The van der Waals surface area contributed by atoms with Gasteiger partial charge in [0.05, 0.1) is 5.92 Å². The summed E-state index contributed by atoms with van der Waals surface area (Å²) in [7, 11) is 0. The second-order valence-electron chi connectivity index (χ2n) is 6.84. The Labute approximate surface area is 140 Å². The Kier molecular flexibility index (Phi) is 4.83. The maximum Gasteiger partial charge on any atom is 0.224 e. The molecule has 0 aromatic heterocycles. The molecule has 6 heteroatoms. The fourth-order valence-electron chi connectivity index (χ4n) is 3.93. The lowest BCUT2D eigenvalue weighted by Crippen LogP contribution is -2.47. The molecule has 2 amide bonds. The lowest BCUT2D eigenvalue weighted by Gasteiger charge is -2.32. The van der Waals surface area contributed by atoms with Crippen molar-refractivity contribution < 1.29 is 18.4 Å². The first-order valence-electron chi connectivity index (χ1n) is 8.51. The van der Waals surface area contributed by atoms with Crippen LogP contribution in [0, 0.1) is 17.6 Å². The zero-order valence-corrected chi connectivity index (χ0v) is 13.5. The molecule has 1 atom stereocenters. The molecule has 0 radical (unpaired) electrons. The molecule has 0 bridgehead atoms. The van der Waals surface area contributed by atoms with Gasteiger partial charge in [-0.05, 0) is 31.4 Å². The van der Waals surface area contributed by atoms with E-state index in [0.717, 1.165) is 12.8 Å². The van der Waals surface area contributed by atoms with Crippen LogP contribution in [0.2, 0.25) is 0 Å². The quantitative estimate of drug-likeness (QED) is 0.887. The van der Waals surface area contributed by atoms with Gasteiger partial charge in [-0.3, -0.25) is 9.59 Å². The number of halogens is 2. The van der Waals surface area contributed by atoms with Gasteiger partial charge < -0.3 is 10.6 Å². The van der Waals surface area contributed by atoms with E-state index in [1.165, 1.54) is 18.2 Å². The maximum atomic E-state index is 14.3. The number of rotatable bonds is 4. The molecular weight excluding hydrogens is 314 g/mol. The summed E-state index contributed by atoms with van der Waals surface area (Å²) in [5, 5.41) is 5.56. The number of hydrogen-bond acceptors (Lipinski definition) is 2. The number of amides is 2. The minimum Gasteiger partial charge on any atom is -0.355 e. The van der Waals surface area contributed by atoms with Crippen LogP contribution in [0.5, 0.6) is 0 Å². The first-order valence-corrected chi connectivity index (χ1v) is 8.51. The van der Waals surface area contributed by atoms with Crippen molar-refractivity contribution in [1.29, 1.82) is 0 Å². The van der Waals surface area contributed by atoms with Crippen molar-refractivity contribution in [2.45, 2.75) is 43.9 Å². The lowest BCUT2D eigenvalue weighted by atomic mass is 9.78. The first-order chi connectivity index (χ1) is 11.5. The van der Waals surface area contributed by atoms with Gasteiger partial charge >= 0.3 is 0 Å². The summed E-state index contributed by atoms with van der Waals surface area (Å²) in [6, 6.07) is 3.91. The third-order valence-corrected chi connectivity index (χ3v) is 5.29. The van der Waals surface area contributed by atoms with Crippen molar-refractivity contribution in [1.82, 2.24) is 10.6 Å². The standard InChI is InChI=1S/C18H22F2N2O2/c19-13-4-3-5-14(20)16(13)18(8-1-2-9-18)11-22-17(24)12-6-7-15(23)21-10-12/h3-5,12H,1-2,6-11H2,(H,21,23)(H,22,24)/t12-/m0/s1. The van der Waals surface area contributed by atoms with Gasteiger partial charge in [0.1, 0.15) is 11.6 Å². The molecule has 1 heterocycles. The average molecular weight is 336 g/mol. The molecule has 24 heavy (non-hydrogen) atoms. The first kappa shape index (κ1) is 16.9. The Balaban J connectivity index is 1.73. The molecule has 1 aliphatic heterocycles. The third kappa shape index (κ3) is 3.28. The van der Waals surface area contributed by atoms with Crippen molar-refractivity contribution in [2.75, 3.05) is 13.1 Å². The molecule has 1 aliphatic carbocycles. The van der Waals surface area contributed by atoms with Crippen LogP contribution in [0.15, 0.2) is 18.2 Å². The van der Waals surface area contributed by atoms with Gasteiger partial charge in [-0.25, -0.2) is 8.78 Å². The van der Waals surface area contributed by atoms with Gasteiger partial charge in [0.25, 0.3) is 0 Å². The van der Waals surface area contributed by atoms with Crippen molar-refractivity contribution in [3.63, 3.8) is 0 Å². The van der Waals surface area contributed by atoms with Gasteiger partial charge in [-0.2, -0.15) is 0 Å². The zero-order valence-electron chi connectivity index (χ0n) is 13.5. The third-order valence-electron chi connectivity index (χ3n) is 5.29. The summed E-state index contributed by atoms with van der Waals surface area (Å²) in [5.74, 6) is -1.56. The second-order valence-corrected chi connectivity index (χ2v) is 6.84. The number of benzene rings is 1. The Morgan fingerprint density at radius 1 is 1.25 bits per heavy atom. The molecule has 3 rings (SSSR count). The number of hydrogen-bond donors (Lipinski definition) is 2. The summed E-state index contributed by atoms with van der Waals surface area (Å²) in [6.45, 7) is 0.555. The normalized spacial score (nSPS) is 22.9. The van der Waals surface area contributed by atoms with Crippen LogP contribution in [0.3, 0.4) is 0 Å². The molecule has 1 saturated heterocycles. The molecular formula is C18H22F2N2O2. The van der Waals surface area contributed by atoms with E-state index in [4.69, 9.17) is 0 Å². The predicted octanol–water partition coefficient (Wildman–Crippen LogP) is 2.42. The Morgan fingerprint density at radius 3 is 2.50 bits per heavy atom. The van der Waals surface area contributed by atoms with E-state index >= 15 is 0 Å². The molecule has 1 aromatic rings. The highest BCUT2D eigenvalue weighted by atomic mass is 19.1. The summed E-state index contributed by atoms with van der Waals surface area (Å²) < 4.78 is 28.5. The average Bonchev–Trinajstić information content (AvgIpc) is 3.03. The van der Waals surface area contributed by atoms with Crippen molar-refractivity contribution in [3.05, 3.63) is 35.4 Å². The number of nitrogens with one attached hydrogen (secondary N) is 2. The monoisotopic (exact) mass is 336 g/mol. The van der Waals surface area contributed by atoms with Gasteiger partial charge in [-0.1, -0.05) is 18.9 Å². The summed E-state index contributed by atoms with van der Waals surface area (Å²) in [6.07, 6.45) is 3.95. The van der Waals surface area contributed by atoms with E-state index < -0.39 is 17.0 Å². The number of piperidine rings is 1. The summed E-state index contributed by atoms with van der Waals surface area (Å²) in [5.41, 5.74) is -0.581. The van der Waals surface area contributed by atoms with Crippen LogP contribution in [-0.2, 0) is 15.0 Å². The molecule has 2 fully saturated rings. The SMILES string of the molecule is O=C1CC[C@H](C(=O)NCC2(c3c(F)cccc3F)CCCC2)CN1. The highest BCUT2D eigenvalue weighted by Crippen LogP contribution is 2.42. The van der Waals surface area contributed by atoms with Gasteiger partial charge in [0.2, 0.25) is 11.8 Å². The van der Waals surface area contributed by atoms with E-state index in [1.807, 2.05) is 0 Å². The van der Waals surface area contributed by atoms with Crippen LogP contribution in [0.25, 0.3) is 0 Å². The van der Waals surface area contributed by atoms with E-state index in [-0.39, 0.29) is 29.8 Å². The molecule has 0 spiro atoms. The van der Waals surface area contributed by atoms with E-state index in [2.05, 4.69) is 10.6 Å². The molecule has 1 saturated carbocycles. The van der Waals surface area contributed by atoms with Gasteiger partial charge in [0.15, 0.2) is 0 Å². The number of carbonyl (C=O) groups is 2. The smallest absolute Gasteiger partial charge is 0.224 e. The molecule has 0 unspecified atom stereocenters. The summed E-state index contributed by atoms with van der Waals surface area (Å²) in [4.78, 5) is 23.5. The predicted molar refractivity (Wildman–Crippen MR) is 85.2 cm³/mol. The number of carbonyl (C=O) groups excluding carboxylic acids is 2. The largest absolute Gasteiger partial charge is 0.355 e. The minimum atomic E-state index is -0.678. The van der Waals surface area contributed by atoms with E-state index in [1.54, 1.807) is 0 Å². The van der Waals surface area contributed by atoms with E-state index in [9.17, 15) is 18.4 Å². The lowest BCUT2D eigenvalue weighted by molar-refractivity contribution is -0.129.